The Morgan fingerprint density at radius 1 is 1.12 bits per heavy atom. The Morgan fingerprint density at radius 2 is 1.65 bits per heavy atom. The highest BCUT2D eigenvalue weighted by atomic mass is 15.2. The molecule has 3 heteroatoms. The van der Waals surface area contributed by atoms with Crippen molar-refractivity contribution >= 4 is 5.82 Å². The van der Waals surface area contributed by atoms with Gasteiger partial charge in [-0.05, 0) is 27.2 Å². The highest BCUT2D eigenvalue weighted by molar-refractivity contribution is 5.41. The topological polar surface area (TPSA) is 43.8 Å². The van der Waals surface area contributed by atoms with Crippen LogP contribution in [-0.2, 0) is 17.4 Å². The van der Waals surface area contributed by atoms with E-state index >= 15 is 0 Å². The maximum Gasteiger partial charge on any atom is 0.127 e. The van der Waals surface area contributed by atoms with E-state index in [-0.39, 0.29) is 11.0 Å². The van der Waals surface area contributed by atoms with Gasteiger partial charge in [0.2, 0.25) is 0 Å². The van der Waals surface area contributed by atoms with Crippen molar-refractivity contribution in [2.45, 2.75) is 72.3 Å². The Labute approximate surface area is 105 Å². The van der Waals surface area contributed by atoms with E-state index in [2.05, 4.69) is 53.0 Å². The molecule has 0 aliphatic heterocycles. The lowest BCUT2D eigenvalue weighted by Gasteiger charge is -2.29. The molecule has 1 aromatic heterocycles. The average Bonchev–Trinajstić information content (AvgIpc) is 2.43. The van der Waals surface area contributed by atoms with E-state index in [1.165, 1.54) is 0 Å². The third-order valence-electron chi connectivity index (χ3n) is 2.82. The van der Waals surface area contributed by atoms with Crippen LogP contribution in [0.5, 0.6) is 0 Å². The smallest absolute Gasteiger partial charge is 0.127 e. The van der Waals surface area contributed by atoms with Crippen LogP contribution < -0.4 is 5.73 Å². The van der Waals surface area contributed by atoms with Gasteiger partial charge in [0.05, 0.1) is 5.69 Å². The molecule has 0 radical (unpaired) electrons. The van der Waals surface area contributed by atoms with E-state index in [1.54, 1.807) is 0 Å². The number of nitrogens with zero attached hydrogens (tertiary/aromatic N) is 2. The second-order valence-corrected chi connectivity index (χ2v) is 6.77. The molecular formula is C14H27N3. The number of nitrogen functional groups attached to an aromatic ring is 1. The van der Waals surface area contributed by atoms with Crippen molar-refractivity contribution < 1.29 is 0 Å². The number of hydrogen-bond acceptors (Lipinski definition) is 2. The van der Waals surface area contributed by atoms with Gasteiger partial charge in [0, 0.05) is 11.0 Å². The predicted octanol–water partition coefficient (Wildman–Crippen LogP) is 3.47. The monoisotopic (exact) mass is 237 g/mol. The van der Waals surface area contributed by atoms with Crippen LogP contribution in [0.3, 0.4) is 0 Å². The molecule has 0 fully saturated rings. The SMILES string of the molecule is CCCc1nc(C(C)(C)C)n(C(C)(C)C)c1N. The third-order valence-corrected chi connectivity index (χ3v) is 2.82. The molecule has 0 aliphatic carbocycles. The average molecular weight is 237 g/mol. The van der Waals surface area contributed by atoms with Crippen molar-refractivity contribution in [3.8, 4) is 0 Å². The first kappa shape index (κ1) is 14.1. The number of imidazole rings is 1. The summed E-state index contributed by atoms with van der Waals surface area (Å²) in [5, 5.41) is 0. The van der Waals surface area contributed by atoms with Crippen molar-refractivity contribution in [1.29, 1.82) is 0 Å². The fraction of sp³-hybridized carbons (Fsp3) is 0.786. The molecule has 0 bridgehead atoms. The molecule has 0 saturated carbocycles. The Hall–Kier alpha value is -0.990. The molecule has 0 amide bonds. The highest BCUT2D eigenvalue weighted by Crippen LogP contribution is 2.32. The predicted molar refractivity (Wildman–Crippen MR) is 74.3 cm³/mol. The van der Waals surface area contributed by atoms with E-state index in [1.807, 2.05) is 0 Å². The molecule has 0 aliphatic rings. The lowest BCUT2D eigenvalue weighted by molar-refractivity contribution is 0.359. The number of aryl methyl sites for hydroxylation is 1. The Kier molecular flexibility index (Phi) is 3.60. The molecular weight excluding hydrogens is 210 g/mol. The van der Waals surface area contributed by atoms with Gasteiger partial charge in [-0.3, -0.25) is 0 Å². The molecule has 0 atom stereocenters. The minimum Gasteiger partial charge on any atom is -0.384 e. The van der Waals surface area contributed by atoms with E-state index in [4.69, 9.17) is 10.7 Å². The summed E-state index contributed by atoms with van der Waals surface area (Å²) in [5.74, 6) is 1.93. The first-order chi connectivity index (χ1) is 7.59. The van der Waals surface area contributed by atoms with Gasteiger partial charge in [-0.15, -0.1) is 0 Å². The molecule has 0 saturated heterocycles. The lowest BCUT2D eigenvalue weighted by atomic mass is 9.94. The normalized spacial score (nSPS) is 13.1. The standard InChI is InChI=1S/C14H27N3/c1-8-9-10-11(15)17(14(5,6)7)12(16-10)13(2,3)4/h8-9,15H2,1-7H3. The number of aromatic nitrogens is 2. The summed E-state index contributed by atoms with van der Waals surface area (Å²) >= 11 is 0. The summed E-state index contributed by atoms with van der Waals surface area (Å²) in [6.45, 7) is 15.3. The molecule has 17 heavy (non-hydrogen) atoms. The summed E-state index contributed by atoms with van der Waals surface area (Å²) in [4.78, 5) is 4.78. The number of anilines is 1. The third kappa shape index (κ3) is 2.82. The summed E-state index contributed by atoms with van der Waals surface area (Å²) in [7, 11) is 0. The fourth-order valence-corrected chi connectivity index (χ4v) is 2.08. The van der Waals surface area contributed by atoms with E-state index in [0.717, 1.165) is 30.2 Å². The van der Waals surface area contributed by atoms with Crippen molar-refractivity contribution in [2.75, 3.05) is 5.73 Å². The van der Waals surface area contributed by atoms with E-state index in [0.29, 0.717) is 0 Å². The Morgan fingerprint density at radius 3 is 1.94 bits per heavy atom. The molecule has 1 heterocycles. The molecule has 1 rings (SSSR count). The van der Waals surface area contributed by atoms with Gasteiger partial charge in [-0.25, -0.2) is 4.98 Å². The van der Waals surface area contributed by atoms with Crippen LogP contribution in [0.25, 0.3) is 0 Å². The van der Waals surface area contributed by atoms with Crippen LogP contribution in [0.4, 0.5) is 5.82 Å². The quantitative estimate of drug-likeness (QED) is 0.856. The van der Waals surface area contributed by atoms with Gasteiger partial charge in [0.25, 0.3) is 0 Å². The zero-order valence-corrected chi connectivity index (χ0v) is 12.4. The molecule has 0 spiro atoms. The second-order valence-electron chi connectivity index (χ2n) is 6.77. The maximum atomic E-state index is 6.27. The summed E-state index contributed by atoms with van der Waals surface area (Å²) in [5.41, 5.74) is 7.32. The zero-order valence-electron chi connectivity index (χ0n) is 12.4. The molecule has 1 aromatic rings. The van der Waals surface area contributed by atoms with Crippen molar-refractivity contribution in [3.63, 3.8) is 0 Å². The Balaban J connectivity index is 3.43. The Bertz CT molecular complexity index is 389. The van der Waals surface area contributed by atoms with Crippen LogP contribution in [0.1, 0.15) is 66.4 Å². The summed E-state index contributed by atoms with van der Waals surface area (Å²) in [6, 6.07) is 0. The van der Waals surface area contributed by atoms with E-state index in [9.17, 15) is 0 Å². The molecule has 0 aromatic carbocycles. The van der Waals surface area contributed by atoms with Gasteiger partial charge in [0.1, 0.15) is 11.6 Å². The van der Waals surface area contributed by atoms with Crippen LogP contribution in [0.2, 0.25) is 0 Å². The fourth-order valence-electron chi connectivity index (χ4n) is 2.08. The number of rotatable bonds is 2. The minimum absolute atomic E-state index is 0.0212. The minimum atomic E-state index is -0.0221. The van der Waals surface area contributed by atoms with Gasteiger partial charge < -0.3 is 10.3 Å². The largest absolute Gasteiger partial charge is 0.384 e. The first-order valence-electron chi connectivity index (χ1n) is 6.47. The maximum absolute atomic E-state index is 6.27. The summed E-state index contributed by atoms with van der Waals surface area (Å²) < 4.78 is 2.19. The molecule has 98 valence electrons. The number of nitrogens with two attached hydrogens (primary N) is 1. The van der Waals surface area contributed by atoms with Crippen LogP contribution in [0, 0.1) is 0 Å². The molecule has 2 N–H and O–H groups in total. The highest BCUT2D eigenvalue weighted by Gasteiger charge is 2.29. The molecule has 0 unspecified atom stereocenters. The summed E-state index contributed by atoms with van der Waals surface area (Å²) in [6.07, 6.45) is 2.03. The van der Waals surface area contributed by atoms with Crippen molar-refractivity contribution in [2.24, 2.45) is 0 Å². The van der Waals surface area contributed by atoms with Crippen LogP contribution in [0.15, 0.2) is 0 Å². The van der Waals surface area contributed by atoms with Crippen LogP contribution in [-0.4, -0.2) is 9.55 Å². The second kappa shape index (κ2) is 4.35. The lowest BCUT2D eigenvalue weighted by Crippen LogP contribution is -2.30. The first-order valence-corrected chi connectivity index (χ1v) is 6.47. The van der Waals surface area contributed by atoms with E-state index < -0.39 is 0 Å². The van der Waals surface area contributed by atoms with Gasteiger partial charge in [-0.1, -0.05) is 34.1 Å². The van der Waals surface area contributed by atoms with Gasteiger partial charge in [-0.2, -0.15) is 0 Å². The van der Waals surface area contributed by atoms with Crippen molar-refractivity contribution in [3.05, 3.63) is 11.5 Å². The van der Waals surface area contributed by atoms with Gasteiger partial charge >= 0.3 is 0 Å². The van der Waals surface area contributed by atoms with Crippen molar-refractivity contribution in [1.82, 2.24) is 9.55 Å². The van der Waals surface area contributed by atoms with Crippen LogP contribution >= 0.6 is 0 Å². The zero-order chi connectivity index (χ0) is 13.4. The van der Waals surface area contributed by atoms with Gasteiger partial charge in [0.15, 0.2) is 0 Å². The molecule has 3 nitrogen and oxygen atoms in total. The number of hydrogen-bond donors (Lipinski definition) is 1.